The molecular formula is C55H50N2SSi. The lowest BCUT2D eigenvalue weighted by Gasteiger charge is -2.31. The summed E-state index contributed by atoms with van der Waals surface area (Å²) in [5, 5.41) is 1.48. The van der Waals surface area contributed by atoms with Crippen molar-refractivity contribution < 1.29 is 0 Å². The summed E-state index contributed by atoms with van der Waals surface area (Å²) in [4.78, 5) is 7.72. The van der Waals surface area contributed by atoms with Gasteiger partial charge in [-0.05, 0) is 106 Å². The molecule has 0 fully saturated rings. The van der Waals surface area contributed by atoms with Gasteiger partial charge in [0.15, 0.2) is 0 Å². The first-order valence-electron chi connectivity index (χ1n) is 20.9. The fraction of sp³-hybridized carbons (Fsp3) is 0.164. The van der Waals surface area contributed by atoms with E-state index in [9.17, 15) is 0 Å². The molecule has 0 atom stereocenters. The summed E-state index contributed by atoms with van der Waals surface area (Å²) in [5.41, 5.74) is 17.6. The van der Waals surface area contributed by atoms with E-state index < -0.39 is 8.07 Å². The molecule has 0 N–H and O–H groups in total. The summed E-state index contributed by atoms with van der Waals surface area (Å²) in [6.07, 6.45) is 0. The molecule has 2 nitrogen and oxygen atoms in total. The smallest absolute Gasteiger partial charge is 0.0775 e. The van der Waals surface area contributed by atoms with Gasteiger partial charge >= 0.3 is 0 Å². The summed E-state index contributed by atoms with van der Waals surface area (Å²) in [6.45, 7) is 17.0. The van der Waals surface area contributed by atoms with Gasteiger partial charge in [-0.2, -0.15) is 0 Å². The molecule has 0 saturated carbocycles. The Kier molecular flexibility index (Phi) is 8.75. The summed E-state index contributed by atoms with van der Waals surface area (Å²) >= 11 is 2.00. The molecule has 2 aliphatic rings. The summed E-state index contributed by atoms with van der Waals surface area (Å²) in [7, 11) is -1.43. The zero-order valence-electron chi connectivity index (χ0n) is 35.0. The van der Waals surface area contributed by atoms with Crippen LogP contribution >= 0.6 is 11.3 Å². The van der Waals surface area contributed by atoms with Gasteiger partial charge in [-0.15, -0.1) is 11.3 Å². The second-order valence-electron chi connectivity index (χ2n) is 18.2. The van der Waals surface area contributed by atoms with E-state index in [0.29, 0.717) is 0 Å². The predicted molar refractivity (Wildman–Crippen MR) is 257 cm³/mol. The highest BCUT2D eigenvalue weighted by atomic mass is 32.1. The number of thiophene rings is 1. The maximum absolute atomic E-state index is 2.48. The Labute approximate surface area is 355 Å². The van der Waals surface area contributed by atoms with Crippen LogP contribution in [0.4, 0.5) is 34.1 Å². The van der Waals surface area contributed by atoms with Gasteiger partial charge in [0.05, 0.1) is 13.8 Å². The summed E-state index contributed by atoms with van der Waals surface area (Å²) < 4.78 is 0. The summed E-state index contributed by atoms with van der Waals surface area (Å²) in [5.74, 6) is 0. The third kappa shape index (κ3) is 6.03. The molecule has 0 spiro atoms. The fourth-order valence-corrected chi connectivity index (χ4v) is 12.6. The number of fused-ring (bicyclic) bond motifs is 7. The van der Waals surface area contributed by atoms with Gasteiger partial charge in [-0.25, -0.2) is 0 Å². The molecule has 59 heavy (non-hydrogen) atoms. The summed E-state index contributed by atoms with van der Waals surface area (Å²) in [6, 6.07) is 65.0. The van der Waals surface area contributed by atoms with Crippen LogP contribution in [0.5, 0.6) is 0 Å². The molecule has 0 amide bonds. The van der Waals surface area contributed by atoms with Crippen LogP contribution in [0, 0.1) is 0 Å². The van der Waals surface area contributed by atoms with Crippen molar-refractivity contribution in [3.05, 3.63) is 198 Å². The lowest BCUT2D eigenvalue weighted by atomic mass is 9.74. The van der Waals surface area contributed by atoms with Crippen molar-refractivity contribution in [1.29, 1.82) is 0 Å². The molecule has 0 saturated heterocycles. The van der Waals surface area contributed by atoms with E-state index in [0.717, 1.165) is 5.69 Å². The van der Waals surface area contributed by atoms with E-state index in [4.69, 9.17) is 0 Å². The van der Waals surface area contributed by atoms with Crippen LogP contribution in [0.3, 0.4) is 0 Å². The number of nitrogens with zero attached hydrogens (tertiary/aromatic N) is 2. The first kappa shape index (κ1) is 37.3. The first-order valence-corrected chi connectivity index (χ1v) is 25.2. The molecule has 0 aliphatic heterocycles. The fourth-order valence-electron chi connectivity index (χ4n) is 9.71. The second kappa shape index (κ2) is 13.8. The van der Waals surface area contributed by atoms with E-state index in [2.05, 4.69) is 233 Å². The molecule has 0 radical (unpaired) electrons. The van der Waals surface area contributed by atoms with Crippen LogP contribution in [0.2, 0.25) is 19.6 Å². The molecule has 10 rings (SSSR count). The van der Waals surface area contributed by atoms with Crippen molar-refractivity contribution in [3.8, 4) is 32.0 Å². The number of hydrogen-bond donors (Lipinski definition) is 0. The van der Waals surface area contributed by atoms with E-state index in [-0.39, 0.29) is 10.8 Å². The standard InChI is InChI=1S/C55H50N2SSi/c1-54(2)47-35-41(56(38-21-13-9-14-22-38)40-27-31-43(32-28-40)59(5,6)7)29-33-45(47)52-50(54)51-53(58-52)46-34-30-42(36-48(46)55(51,3)4)57(39-23-15-10-16-24-39)49-26-18-17-25-44(49)37-19-11-8-12-20-37/h8-36H,1-7H3. The molecule has 4 heteroatoms. The molecule has 7 aromatic carbocycles. The minimum Gasteiger partial charge on any atom is -0.310 e. The zero-order valence-corrected chi connectivity index (χ0v) is 36.9. The highest BCUT2D eigenvalue weighted by molar-refractivity contribution is 7.19. The lowest BCUT2D eigenvalue weighted by molar-refractivity contribution is 0.603. The van der Waals surface area contributed by atoms with Crippen LogP contribution < -0.4 is 15.0 Å². The topological polar surface area (TPSA) is 6.48 Å². The number of para-hydroxylation sites is 3. The maximum Gasteiger partial charge on any atom is 0.0775 e. The van der Waals surface area contributed by atoms with Gasteiger partial charge in [-0.1, -0.05) is 162 Å². The quantitative estimate of drug-likeness (QED) is 0.141. The van der Waals surface area contributed by atoms with E-state index in [1.807, 2.05) is 11.3 Å². The van der Waals surface area contributed by atoms with Crippen molar-refractivity contribution >= 4 is 58.7 Å². The van der Waals surface area contributed by atoms with Crippen molar-refractivity contribution in [2.24, 2.45) is 0 Å². The number of benzene rings is 7. The van der Waals surface area contributed by atoms with Crippen molar-refractivity contribution in [3.63, 3.8) is 0 Å². The highest BCUT2D eigenvalue weighted by Crippen LogP contribution is 2.64. The minimum atomic E-state index is -1.43. The van der Waals surface area contributed by atoms with E-state index in [1.165, 1.54) is 87.9 Å². The van der Waals surface area contributed by atoms with Gasteiger partial charge in [0.25, 0.3) is 0 Å². The Balaban J connectivity index is 1.07. The Bertz CT molecular complexity index is 2850. The average molecular weight is 799 g/mol. The minimum absolute atomic E-state index is 0.179. The van der Waals surface area contributed by atoms with Gasteiger partial charge in [-0.3, -0.25) is 0 Å². The molecule has 8 aromatic rings. The van der Waals surface area contributed by atoms with Gasteiger partial charge in [0.1, 0.15) is 0 Å². The molecule has 2 aliphatic carbocycles. The largest absolute Gasteiger partial charge is 0.310 e. The monoisotopic (exact) mass is 798 g/mol. The Hall–Kier alpha value is -5.94. The maximum atomic E-state index is 2.48. The Morgan fingerprint density at radius 1 is 0.407 bits per heavy atom. The molecule has 1 aromatic heterocycles. The van der Waals surface area contributed by atoms with Crippen molar-refractivity contribution in [2.75, 3.05) is 9.80 Å². The Morgan fingerprint density at radius 3 is 1.36 bits per heavy atom. The molecule has 0 unspecified atom stereocenters. The molecule has 290 valence electrons. The lowest BCUT2D eigenvalue weighted by Crippen LogP contribution is -2.37. The highest BCUT2D eigenvalue weighted by Gasteiger charge is 2.48. The number of hydrogen-bond acceptors (Lipinski definition) is 3. The first-order chi connectivity index (χ1) is 28.4. The van der Waals surface area contributed by atoms with Gasteiger partial charge in [0, 0.05) is 54.6 Å². The van der Waals surface area contributed by atoms with Gasteiger partial charge < -0.3 is 9.80 Å². The van der Waals surface area contributed by atoms with Gasteiger partial charge in [0.2, 0.25) is 0 Å². The molecule has 1 heterocycles. The van der Waals surface area contributed by atoms with Crippen LogP contribution in [0.15, 0.2) is 176 Å². The van der Waals surface area contributed by atoms with Crippen LogP contribution in [-0.2, 0) is 10.8 Å². The van der Waals surface area contributed by atoms with Crippen LogP contribution in [-0.4, -0.2) is 8.07 Å². The van der Waals surface area contributed by atoms with Crippen molar-refractivity contribution in [1.82, 2.24) is 0 Å². The van der Waals surface area contributed by atoms with Crippen molar-refractivity contribution in [2.45, 2.75) is 58.2 Å². The van der Waals surface area contributed by atoms with E-state index >= 15 is 0 Å². The second-order valence-corrected chi connectivity index (χ2v) is 24.3. The SMILES string of the molecule is CC1(C)c2cc(N(c3ccccc3)c3ccc([Si](C)(C)C)cc3)ccc2-c2sc3c(c21)C(C)(C)c1cc(N(c2ccccc2)c2ccccc2-c2ccccc2)ccc1-3. The molecule has 0 bridgehead atoms. The zero-order chi connectivity index (χ0) is 40.7. The molecular weight excluding hydrogens is 749 g/mol. The van der Waals surface area contributed by atoms with Crippen LogP contribution in [0.1, 0.15) is 49.9 Å². The number of rotatable bonds is 8. The number of anilines is 6. The predicted octanol–water partition coefficient (Wildman–Crippen LogP) is 15.5. The normalized spacial score (nSPS) is 14.3. The average Bonchev–Trinajstić information content (AvgIpc) is 3.83. The van der Waals surface area contributed by atoms with E-state index in [1.54, 1.807) is 0 Å². The third-order valence-corrected chi connectivity index (χ3v) is 16.1. The third-order valence-electron chi connectivity index (χ3n) is 12.8. The van der Waals surface area contributed by atoms with Crippen LogP contribution in [0.25, 0.3) is 32.0 Å². The Morgan fingerprint density at radius 2 is 0.831 bits per heavy atom.